The van der Waals surface area contributed by atoms with E-state index in [1.807, 2.05) is 23.8 Å². The Morgan fingerprint density at radius 3 is 2.53 bits per heavy atom. The van der Waals surface area contributed by atoms with Gasteiger partial charge < -0.3 is 14.7 Å². The number of aliphatic hydroxyl groups is 1. The molecule has 0 spiro atoms. The van der Waals surface area contributed by atoms with Gasteiger partial charge in [0, 0.05) is 23.5 Å². The Kier molecular flexibility index (Phi) is 8.39. The number of hydrogen-bond donors (Lipinski definition) is 2. The van der Waals surface area contributed by atoms with Crippen LogP contribution in [0.15, 0.2) is 12.2 Å². The number of aliphatic hydroxyl groups excluding tert-OH is 1. The molecule has 0 bridgehead atoms. The number of Topliss-reactive ketones (excluding diaryl/α,β-unsaturated/α-hetero) is 1. The Balaban J connectivity index is 1.66. The van der Waals surface area contributed by atoms with Crippen LogP contribution in [0.2, 0.25) is 0 Å². The highest BCUT2D eigenvalue weighted by atomic mass is 32.2. The number of nitrogens with zero attached hydrogens (tertiary/aromatic N) is 1. The summed E-state index contributed by atoms with van der Waals surface area (Å²) in [6, 6.07) is -1.06. The van der Waals surface area contributed by atoms with Crippen molar-refractivity contribution < 1.29 is 41.6 Å². The van der Waals surface area contributed by atoms with Gasteiger partial charge in [0.15, 0.2) is 5.78 Å². The summed E-state index contributed by atoms with van der Waals surface area (Å²) in [6.45, 7) is 6.36. The Hall–Kier alpha value is -2.27. The predicted molar refractivity (Wildman–Crippen MR) is 161 cm³/mol. The number of rotatable bonds is 6. The molecule has 242 valence electrons. The van der Waals surface area contributed by atoms with Crippen molar-refractivity contribution in [3.05, 3.63) is 12.2 Å². The molecule has 4 rings (SSSR count). The Morgan fingerprint density at radius 1 is 1.23 bits per heavy atom. The molecule has 2 aliphatic carbocycles. The molecule has 11 heteroatoms. The van der Waals surface area contributed by atoms with Crippen LogP contribution < -0.4 is 4.72 Å². The number of nitrogens with one attached hydrogen (secondary N) is 1. The summed E-state index contributed by atoms with van der Waals surface area (Å²) in [5.74, 6) is -3.59. The molecule has 0 radical (unpaired) electrons. The van der Waals surface area contributed by atoms with Gasteiger partial charge in [0.05, 0.1) is 34.6 Å². The number of fused-ring (bicyclic) bond motifs is 2. The summed E-state index contributed by atoms with van der Waals surface area (Å²) in [6.07, 6.45) is 4.87. The Bertz CT molecular complexity index is 1350. The molecule has 2 amide bonds. The maximum atomic E-state index is 14.3. The summed E-state index contributed by atoms with van der Waals surface area (Å²) in [5, 5.41) is 10.7. The van der Waals surface area contributed by atoms with Crippen LogP contribution in [0, 0.1) is 29.1 Å². The van der Waals surface area contributed by atoms with Crippen LogP contribution in [0.4, 0.5) is 0 Å². The Morgan fingerprint density at radius 2 is 1.93 bits per heavy atom. The summed E-state index contributed by atoms with van der Waals surface area (Å²) in [5.41, 5.74) is -2.18. The average molecular weight is 626 g/mol. The lowest BCUT2D eigenvalue weighted by Gasteiger charge is -2.33. The maximum Gasteiger partial charge on any atom is 0.307 e. The third-order valence-electron chi connectivity index (χ3n) is 9.57. The smallest absolute Gasteiger partial charge is 0.307 e. The van der Waals surface area contributed by atoms with E-state index >= 15 is 0 Å². The number of esters is 1. The molecule has 7 atom stereocenters. The minimum Gasteiger partial charge on any atom is -0.460 e. The molecule has 4 aliphatic rings. The number of amides is 2. The van der Waals surface area contributed by atoms with E-state index in [-0.39, 0.29) is 56.9 Å². The van der Waals surface area contributed by atoms with Crippen molar-refractivity contribution in [3.8, 4) is 0 Å². The SMILES string of the molecule is [2H]C([2H])([2H])C1(S(=O)(=O)NC(=O)[C@]23CC(=O)[C@@H]4C[C@@H](O)CN4C(=O)[C@@H](CC(=O)OC(C)(C)C)[C@H](CC)CC(C)CC/C=C\[C@@H]2C3)CC1. The van der Waals surface area contributed by atoms with E-state index in [2.05, 4.69) is 6.92 Å². The molecular formula is C32H50N2O8S. The first-order valence-corrected chi connectivity index (χ1v) is 17.1. The Labute approximate surface area is 260 Å². The maximum absolute atomic E-state index is 14.3. The van der Waals surface area contributed by atoms with Crippen molar-refractivity contribution in [1.29, 1.82) is 0 Å². The molecule has 2 heterocycles. The van der Waals surface area contributed by atoms with Gasteiger partial charge in [0.2, 0.25) is 21.8 Å². The highest BCUT2D eigenvalue weighted by molar-refractivity contribution is 7.91. The van der Waals surface area contributed by atoms with Crippen molar-refractivity contribution in [3.63, 3.8) is 0 Å². The van der Waals surface area contributed by atoms with Gasteiger partial charge >= 0.3 is 5.97 Å². The number of ether oxygens (including phenoxy) is 1. The topological polar surface area (TPSA) is 147 Å². The van der Waals surface area contributed by atoms with Crippen molar-refractivity contribution >= 4 is 33.6 Å². The lowest BCUT2D eigenvalue weighted by atomic mass is 9.79. The number of sulfonamides is 1. The third kappa shape index (κ3) is 7.52. The van der Waals surface area contributed by atoms with Crippen LogP contribution in [-0.2, 0) is 33.9 Å². The van der Waals surface area contributed by atoms with Crippen LogP contribution in [0.1, 0.15) is 110 Å². The molecular weight excluding hydrogens is 572 g/mol. The minimum atomic E-state index is -4.58. The molecule has 2 aliphatic heterocycles. The fraction of sp³-hybridized carbons (Fsp3) is 0.812. The van der Waals surface area contributed by atoms with Crippen LogP contribution >= 0.6 is 0 Å². The van der Waals surface area contributed by atoms with Crippen LogP contribution in [-0.4, -0.2) is 71.0 Å². The van der Waals surface area contributed by atoms with Gasteiger partial charge in [0.1, 0.15) is 5.60 Å². The lowest BCUT2D eigenvalue weighted by Crippen LogP contribution is -2.48. The third-order valence-corrected chi connectivity index (χ3v) is 11.5. The van der Waals surface area contributed by atoms with Gasteiger partial charge in [-0.25, -0.2) is 8.42 Å². The minimum absolute atomic E-state index is 0.0460. The van der Waals surface area contributed by atoms with Crippen LogP contribution in [0.5, 0.6) is 0 Å². The molecule has 2 N–H and O–H groups in total. The number of carbonyl (C=O) groups excluding carboxylic acids is 4. The van der Waals surface area contributed by atoms with E-state index in [1.165, 1.54) is 4.90 Å². The monoisotopic (exact) mass is 625 g/mol. The summed E-state index contributed by atoms with van der Waals surface area (Å²) >= 11 is 0. The first kappa shape index (κ1) is 29.4. The number of carbonyl (C=O) groups is 4. The zero-order chi connectivity index (χ0) is 34.5. The second-order valence-corrected chi connectivity index (χ2v) is 16.3. The average Bonchev–Trinajstić information content (AvgIpc) is 3.82. The molecule has 43 heavy (non-hydrogen) atoms. The molecule has 10 nitrogen and oxygen atoms in total. The van der Waals surface area contributed by atoms with Crippen molar-refractivity contribution in [2.45, 2.75) is 128 Å². The molecule has 0 aromatic carbocycles. The van der Waals surface area contributed by atoms with Gasteiger partial charge in [-0.1, -0.05) is 32.4 Å². The van der Waals surface area contributed by atoms with Gasteiger partial charge in [-0.3, -0.25) is 23.9 Å². The van der Waals surface area contributed by atoms with E-state index in [1.54, 1.807) is 20.8 Å². The van der Waals surface area contributed by atoms with Gasteiger partial charge in [0.25, 0.3) is 0 Å². The van der Waals surface area contributed by atoms with Gasteiger partial charge in [-0.05, 0) is 83.9 Å². The fourth-order valence-corrected chi connectivity index (χ4v) is 8.03. The van der Waals surface area contributed by atoms with Crippen LogP contribution in [0.3, 0.4) is 0 Å². The molecule has 0 aromatic heterocycles. The van der Waals surface area contributed by atoms with E-state index in [4.69, 9.17) is 8.85 Å². The zero-order valence-electron chi connectivity index (χ0n) is 29.1. The fourth-order valence-electron chi connectivity index (χ4n) is 6.75. The first-order chi connectivity index (χ1) is 21.2. The highest BCUT2D eigenvalue weighted by Gasteiger charge is 2.62. The second-order valence-electron chi connectivity index (χ2n) is 14.3. The number of hydrogen-bond acceptors (Lipinski definition) is 8. The molecule has 0 aromatic rings. The quantitative estimate of drug-likeness (QED) is 0.336. The van der Waals surface area contributed by atoms with E-state index in [0.29, 0.717) is 19.3 Å². The normalized spacial score (nSPS) is 36.9. The summed E-state index contributed by atoms with van der Waals surface area (Å²) in [7, 11) is -4.58. The number of allylic oxidation sites excluding steroid dienone is 2. The largest absolute Gasteiger partial charge is 0.460 e. The first-order valence-electron chi connectivity index (χ1n) is 17.1. The summed E-state index contributed by atoms with van der Waals surface area (Å²) < 4.78 is 55.3. The van der Waals surface area contributed by atoms with Crippen molar-refractivity contribution in [2.75, 3.05) is 6.54 Å². The van der Waals surface area contributed by atoms with Gasteiger partial charge in [-0.2, -0.15) is 0 Å². The predicted octanol–water partition coefficient (Wildman–Crippen LogP) is 3.66. The number of ketones is 1. The molecule has 3 fully saturated rings. The molecule has 2 saturated carbocycles. The second kappa shape index (κ2) is 12.3. The van der Waals surface area contributed by atoms with Crippen LogP contribution in [0.25, 0.3) is 0 Å². The molecule has 1 saturated heterocycles. The molecule has 1 unspecified atom stereocenters. The summed E-state index contributed by atoms with van der Waals surface area (Å²) in [4.78, 5) is 56.3. The zero-order valence-corrected chi connectivity index (χ0v) is 26.9. The van der Waals surface area contributed by atoms with E-state index in [9.17, 15) is 32.7 Å². The van der Waals surface area contributed by atoms with Crippen molar-refractivity contribution in [1.82, 2.24) is 9.62 Å². The van der Waals surface area contributed by atoms with Gasteiger partial charge in [-0.15, -0.1) is 0 Å². The van der Waals surface area contributed by atoms with E-state index in [0.717, 1.165) is 6.42 Å². The highest BCUT2D eigenvalue weighted by Crippen LogP contribution is 2.57. The van der Waals surface area contributed by atoms with Crippen molar-refractivity contribution in [2.24, 2.45) is 29.1 Å². The van der Waals surface area contributed by atoms with E-state index < -0.39 is 80.2 Å². The standard InChI is InChI=1S/C32H50N2O8S/c1-7-21-14-20(2)10-8-9-11-22-17-32(22,29(39)33-43(40,41)31(6)12-13-31)18-26(36)25-15-23(35)19-34(25)28(38)24(21)16-27(37)42-30(3,4)5/h9,11,20-25,35H,7-8,10,12-19H2,1-6H3,(H,33,39)/b11-9-/t20?,21-,22-,23-,24+,25+,32-/m1/s1/i6D3. The lowest BCUT2D eigenvalue weighted by molar-refractivity contribution is -0.160.